The molecular formula is C73H94N4O18. The monoisotopic (exact) mass is 1310 g/mol. The molecule has 6 aromatic carbocycles. The summed E-state index contributed by atoms with van der Waals surface area (Å²) in [7, 11) is 2.50. The van der Waals surface area contributed by atoms with E-state index in [1.54, 1.807) is 0 Å². The van der Waals surface area contributed by atoms with Crippen LogP contribution in [0.3, 0.4) is 0 Å². The van der Waals surface area contributed by atoms with Gasteiger partial charge >= 0.3 is 35.8 Å². The first kappa shape index (κ1) is 83.0. The van der Waals surface area contributed by atoms with E-state index in [0.29, 0.717) is 38.5 Å². The van der Waals surface area contributed by atoms with E-state index in [4.69, 9.17) is 43.4 Å². The van der Waals surface area contributed by atoms with Crippen LogP contribution in [0.1, 0.15) is 105 Å². The Hall–Kier alpha value is -10.1. The average Bonchev–Trinajstić information content (AvgIpc) is 0.919. The van der Waals surface area contributed by atoms with E-state index in [2.05, 4.69) is 58.1 Å². The van der Waals surface area contributed by atoms with E-state index in [0.717, 1.165) is 64.1 Å². The highest BCUT2D eigenvalue weighted by atomic mass is 16.6. The Bertz CT molecular complexity index is 2890. The van der Waals surface area contributed by atoms with Crippen molar-refractivity contribution in [3.63, 3.8) is 0 Å². The largest absolute Gasteiger partial charge is 0.481 e. The number of aliphatic carboxylic acids is 1. The highest BCUT2D eigenvalue weighted by Gasteiger charge is 2.36. The number of aliphatic hydroxyl groups excluding tert-OH is 1. The molecule has 0 saturated heterocycles. The number of benzene rings is 6. The van der Waals surface area contributed by atoms with Crippen LogP contribution in [0.2, 0.25) is 0 Å². The van der Waals surface area contributed by atoms with E-state index in [1.807, 2.05) is 127 Å². The standard InChI is InChI=1S/3C23H27NO5.C2H4O2.CH5N.CH4O/c3*1-17(25)24-23(15-28-18(2)26,16-29-19(3)27)14-13-20-9-11-22(12-10-20)21-7-5-4-6-8-21;1-2(3)4;2*1-2/h3*4-12H,13-16H2,1-3H3,(H,24,25);1H3,(H,3,4);2H2,1H3;2H,1H3. The summed E-state index contributed by atoms with van der Waals surface area (Å²) in [5, 5.41) is 22.9. The van der Waals surface area contributed by atoms with Gasteiger partial charge in [-0.25, -0.2) is 0 Å². The zero-order valence-electron chi connectivity index (χ0n) is 56.6. The summed E-state index contributed by atoms with van der Waals surface area (Å²) in [5.74, 6) is -4.48. The van der Waals surface area contributed by atoms with Crippen LogP contribution in [0.5, 0.6) is 0 Å². The lowest BCUT2D eigenvalue weighted by Gasteiger charge is -2.33. The minimum Gasteiger partial charge on any atom is -0.481 e. The molecule has 22 heteroatoms. The first-order valence-electron chi connectivity index (χ1n) is 30.4. The Morgan fingerprint density at radius 2 is 0.463 bits per heavy atom. The van der Waals surface area contributed by atoms with Crippen LogP contribution in [-0.4, -0.2) is 140 Å². The van der Waals surface area contributed by atoms with E-state index in [1.165, 1.54) is 69.4 Å². The van der Waals surface area contributed by atoms with Gasteiger partial charge in [0, 0.05) is 76.3 Å². The van der Waals surface area contributed by atoms with Gasteiger partial charge in [0.15, 0.2) is 0 Å². The van der Waals surface area contributed by atoms with Crippen molar-refractivity contribution in [2.24, 2.45) is 5.73 Å². The number of rotatable bonds is 27. The number of carbonyl (C=O) groups is 10. The van der Waals surface area contributed by atoms with Crippen molar-refractivity contribution in [3.8, 4) is 33.4 Å². The molecule has 0 radical (unpaired) electrons. The fraction of sp³-hybridized carbons (Fsp3) is 0.370. The third-order valence-electron chi connectivity index (χ3n) is 13.5. The van der Waals surface area contributed by atoms with Gasteiger partial charge in [-0.15, -0.1) is 0 Å². The van der Waals surface area contributed by atoms with Gasteiger partial charge in [0.25, 0.3) is 5.97 Å². The fourth-order valence-electron chi connectivity index (χ4n) is 9.16. The SMILES string of the molecule is CC(=O)NC(CCc1ccc(-c2ccccc2)cc1)(COC(C)=O)COC(C)=O.CC(=O)NC(CCc1ccc(-c2ccccc2)cc1)(COC(C)=O)COC(C)=O.CC(=O)NC(CCc1ccc(-c2ccccc2)cc1)(COC(C)=O)COC(C)=O.CC(=O)O.CN.CO. The third kappa shape index (κ3) is 36.1. The number of esters is 6. The maximum absolute atomic E-state index is 11.8. The number of carbonyl (C=O) groups excluding carboxylic acids is 9. The molecule has 22 nitrogen and oxygen atoms in total. The van der Waals surface area contributed by atoms with E-state index < -0.39 is 58.4 Å². The number of carboxylic acid groups (broad SMARTS) is 1. The number of nitrogens with one attached hydrogen (secondary N) is 3. The molecule has 3 amide bonds. The first-order chi connectivity index (χ1) is 45.1. The molecule has 0 saturated carbocycles. The molecule has 0 aliphatic carbocycles. The molecule has 0 atom stereocenters. The minimum absolute atomic E-state index is 0.0721. The second kappa shape index (κ2) is 45.3. The molecule has 6 rings (SSSR count). The molecule has 0 aromatic heterocycles. The molecular weight excluding hydrogens is 1220 g/mol. The van der Waals surface area contributed by atoms with Crippen LogP contribution in [0.15, 0.2) is 164 Å². The van der Waals surface area contributed by atoms with Crippen LogP contribution in [0, 0.1) is 0 Å². The van der Waals surface area contributed by atoms with Crippen molar-refractivity contribution in [2.75, 3.05) is 53.8 Å². The molecule has 0 bridgehead atoms. The van der Waals surface area contributed by atoms with Gasteiger partial charge in [-0.2, -0.15) is 0 Å². The summed E-state index contributed by atoms with van der Waals surface area (Å²) in [5.41, 5.74) is 11.5. The zero-order valence-corrected chi connectivity index (χ0v) is 56.6. The Morgan fingerprint density at radius 1 is 0.305 bits per heavy atom. The van der Waals surface area contributed by atoms with Crippen LogP contribution < -0.4 is 21.7 Å². The molecule has 0 aliphatic rings. The molecule has 0 fully saturated rings. The Balaban J connectivity index is 0.000000674. The topological polar surface area (TPSA) is 329 Å². The molecule has 6 aromatic rings. The third-order valence-corrected chi connectivity index (χ3v) is 13.5. The van der Waals surface area contributed by atoms with Crippen LogP contribution in [0.25, 0.3) is 33.4 Å². The van der Waals surface area contributed by atoms with Crippen molar-refractivity contribution < 1.29 is 86.6 Å². The fourth-order valence-corrected chi connectivity index (χ4v) is 9.16. The molecule has 0 unspecified atom stereocenters. The van der Waals surface area contributed by atoms with Gasteiger partial charge in [0.05, 0.1) is 0 Å². The number of nitrogens with two attached hydrogens (primary N) is 1. The van der Waals surface area contributed by atoms with Crippen molar-refractivity contribution in [2.45, 2.75) is 124 Å². The van der Waals surface area contributed by atoms with Crippen LogP contribution in [-0.2, 0) is 95.6 Å². The lowest BCUT2D eigenvalue weighted by atomic mass is 9.91. The molecule has 95 heavy (non-hydrogen) atoms. The second-order valence-corrected chi connectivity index (χ2v) is 21.8. The van der Waals surface area contributed by atoms with Crippen molar-refractivity contribution >= 4 is 59.5 Å². The summed E-state index contributed by atoms with van der Waals surface area (Å²) in [6.45, 7) is 12.6. The number of aryl methyl sites for hydroxylation is 3. The number of hydrogen-bond donors (Lipinski definition) is 6. The Kier molecular flexibility index (Phi) is 39.5. The van der Waals surface area contributed by atoms with Crippen molar-refractivity contribution in [3.05, 3.63) is 180 Å². The average molecular weight is 1320 g/mol. The van der Waals surface area contributed by atoms with Gasteiger partial charge in [0.1, 0.15) is 56.3 Å². The second-order valence-electron chi connectivity index (χ2n) is 21.8. The number of aliphatic hydroxyl groups is 1. The zero-order chi connectivity index (χ0) is 71.4. The summed E-state index contributed by atoms with van der Waals surface area (Å²) >= 11 is 0. The molecule has 0 spiro atoms. The lowest BCUT2D eigenvalue weighted by molar-refractivity contribution is -0.151. The van der Waals surface area contributed by atoms with Crippen LogP contribution in [0.4, 0.5) is 0 Å². The summed E-state index contributed by atoms with van der Waals surface area (Å²) in [6, 6.07) is 54.6. The van der Waals surface area contributed by atoms with Gasteiger partial charge in [-0.1, -0.05) is 164 Å². The lowest BCUT2D eigenvalue weighted by Crippen LogP contribution is -2.55. The summed E-state index contributed by atoms with van der Waals surface area (Å²) in [6.07, 6.45) is 3.15. The maximum atomic E-state index is 11.8. The number of carboxylic acids is 1. The smallest absolute Gasteiger partial charge is 0.302 e. The normalized spacial score (nSPS) is 10.3. The first-order valence-corrected chi connectivity index (χ1v) is 30.4. The summed E-state index contributed by atoms with van der Waals surface area (Å²) < 4.78 is 31.0. The minimum atomic E-state index is -0.985. The highest BCUT2D eigenvalue weighted by molar-refractivity contribution is 5.76. The maximum Gasteiger partial charge on any atom is 0.302 e. The van der Waals surface area contributed by atoms with Gasteiger partial charge in [-0.05, 0) is 95.6 Å². The predicted molar refractivity (Wildman–Crippen MR) is 362 cm³/mol. The molecule has 0 heterocycles. The summed E-state index contributed by atoms with van der Waals surface area (Å²) in [4.78, 5) is 112. The quantitative estimate of drug-likeness (QED) is 0.0207. The predicted octanol–water partition coefficient (Wildman–Crippen LogP) is 9.14. The Labute approximate surface area is 557 Å². The van der Waals surface area contributed by atoms with Gasteiger partial charge < -0.3 is 60.3 Å². The molecule has 514 valence electrons. The number of amides is 3. The van der Waals surface area contributed by atoms with Gasteiger partial charge in [0.2, 0.25) is 17.7 Å². The van der Waals surface area contributed by atoms with Crippen molar-refractivity contribution in [1.82, 2.24) is 16.0 Å². The van der Waals surface area contributed by atoms with E-state index in [9.17, 15) is 43.2 Å². The van der Waals surface area contributed by atoms with Gasteiger partial charge in [-0.3, -0.25) is 47.9 Å². The van der Waals surface area contributed by atoms with Crippen LogP contribution >= 0.6 is 0 Å². The van der Waals surface area contributed by atoms with E-state index >= 15 is 0 Å². The highest BCUT2D eigenvalue weighted by Crippen LogP contribution is 2.26. The molecule has 7 N–H and O–H groups in total. The van der Waals surface area contributed by atoms with E-state index in [-0.39, 0.29) is 57.4 Å². The Morgan fingerprint density at radius 3 is 0.611 bits per heavy atom. The van der Waals surface area contributed by atoms with Crippen molar-refractivity contribution in [1.29, 1.82) is 0 Å². The number of hydrogen-bond acceptors (Lipinski definition) is 18. The molecule has 0 aliphatic heterocycles. The number of ether oxygens (including phenoxy) is 6.